The summed E-state index contributed by atoms with van der Waals surface area (Å²) >= 11 is 0. The van der Waals surface area contributed by atoms with Crippen LogP contribution in [0.4, 0.5) is 5.69 Å². The molecule has 0 radical (unpaired) electrons. The van der Waals surface area contributed by atoms with Crippen LogP contribution in [0, 0.1) is 13.8 Å². The van der Waals surface area contributed by atoms with Crippen LogP contribution in [0.25, 0.3) is 0 Å². The summed E-state index contributed by atoms with van der Waals surface area (Å²) in [6.45, 7) is 9.87. The Morgan fingerprint density at radius 1 is 0.824 bits per heavy atom. The topological polar surface area (TPSA) is 55.8 Å². The van der Waals surface area contributed by atoms with Crippen LogP contribution < -0.4 is 10.2 Å². The zero-order valence-electron chi connectivity index (χ0n) is 20.2. The largest absolute Gasteiger partial charge is 0.372 e. The number of carbonyl (C=O) groups excluding carboxylic acids is 1. The van der Waals surface area contributed by atoms with Gasteiger partial charge in [0.15, 0.2) is 5.60 Å². The van der Waals surface area contributed by atoms with Crippen LogP contribution in [0.15, 0.2) is 78.9 Å². The minimum atomic E-state index is -1.71. The summed E-state index contributed by atoms with van der Waals surface area (Å²) in [5, 5.41) is 14.5. The standard InChI is InChI=1S/C29H35N3O2/c1-23-11-9-12-24(2)27(23)32-21-19-31(20-22-32)18-10-17-30-28(33)29(34,25-13-5-3-6-14-25)26-15-7-4-8-16-26/h3-9,11-16,34H,10,17-22H2,1-2H3,(H,30,33). The average molecular weight is 458 g/mol. The van der Waals surface area contributed by atoms with Crippen LogP contribution in [0.5, 0.6) is 0 Å². The molecule has 5 nitrogen and oxygen atoms in total. The highest BCUT2D eigenvalue weighted by Gasteiger charge is 2.39. The fraction of sp³-hybridized carbons (Fsp3) is 0.345. The number of hydrogen-bond donors (Lipinski definition) is 2. The number of hydrogen-bond acceptors (Lipinski definition) is 4. The number of rotatable bonds is 8. The molecular formula is C29H35N3O2. The van der Waals surface area contributed by atoms with Gasteiger partial charge in [0.2, 0.25) is 0 Å². The highest BCUT2D eigenvalue weighted by Crippen LogP contribution is 2.30. The highest BCUT2D eigenvalue weighted by atomic mass is 16.3. The summed E-state index contributed by atoms with van der Waals surface area (Å²) in [6.07, 6.45) is 0.842. The van der Waals surface area contributed by atoms with Crippen molar-refractivity contribution >= 4 is 11.6 Å². The molecule has 2 N–H and O–H groups in total. The third kappa shape index (κ3) is 5.16. The van der Waals surface area contributed by atoms with Crippen LogP contribution in [-0.4, -0.2) is 55.2 Å². The molecule has 3 aromatic carbocycles. The van der Waals surface area contributed by atoms with E-state index in [0.717, 1.165) is 39.1 Å². The van der Waals surface area contributed by atoms with Crippen molar-refractivity contribution < 1.29 is 9.90 Å². The first kappa shape index (κ1) is 24.0. The first-order valence-corrected chi connectivity index (χ1v) is 12.2. The van der Waals surface area contributed by atoms with E-state index in [1.54, 1.807) is 24.3 Å². The predicted octanol–water partition coefficient (Wildman–Crippen LogP) is 3.87. The van der Waals surface area contributed by atoms with Gasteiger partial charge in [-0.05, 0) is 49.1 Å². The fourth-order valence-corrected chi connectivity index (χ4v) is 4.92. The SMILES string of the molecule is Cc1cccc(C)c1N1CCN(CCCNC(=O)C(O)(c2ccccc2)c2ccccc2)CC1. The second-order valence-corrected chi connectivity index (χ2v) is 9.12. The van der Waals surface area contributed by atoms with Gasteiger partial charge < -0.3 is 15.3 Å². The number of aliphatic hydroxyl groups is 1. The summed E-state index contributed by atoms with van der Waals surface area (Å²) in [5.41, 5.74) is 3.47. The van der Waals surface area contributed by atoms with E-state index in [0.29, 0.717) is 17.7 Å². The maximum atomic E-state index is 13.2. The van der Waals surface area contributed by atoms with Crippen LogP contribution >= 0.6 is 0 Å². The summed E-state index contributed by atoms with van der Waals surface area (Å²) in [4.78, 5) is 18.1. The van der Waals surface area contributed by atoms with Gasteiger partial charge in [-0.25, -0.2) is 0 Å². The molecule has 1 heterocycles. The van der Waals surface area contributed by atoms with Gasteiger partial charge >= 0.3 is 0 Å². The quantitative estimate of drug-likeness (QED) is 0.504. The van der Waals surface area contributed by atoms with Crippen molar-refractivity contribution in [1.82, 2.24) is 10.2 Å². The Bertz CT molecular complexity index is 1020. The summed E-state index contributed by atoms with van der Waals surface area (Å²) in [7, 11) is 0. The van der Waals surface area contributed by atoms with Crippen molar-refractivity contribution in [3.8, 4) is 0 Å². The van der Waals surface area contributed by atoms with Gasteiger partial charge in [-0.15, -0.1) is 0 Å². The molecule has 1 amide bonds. The Labute approximate surface area is 203 Å². The number of para-hydroxylation sites is 1. The first-order chi connectivity index (χ1) is 16.5. The minimum absolute atomic E-state index is 0.384. The van der Waals surface area contributed by atoms with Gasteiger partial charge in [0.25, 0.3) is 5.91 Å². The minimum Gasteiger partial charge on any atom is -0.372 e. The number of carbonyl (C=O) groups is 1. The molecule has 0 atom stereocenters. The van der Waals surface area contributed by atoms with Gasteiger partial charge in [-0.1, -0.05) is 78.9 Å². The van der Waals surface area contributed by atoms with Crippen molar-refractivity contribution in [2.24, 2.45) is 0 Å². The maximum Gasteiger partial charge on any atom is 0.261 e. The number of amides is 1. The Morgan fingerprint density at radius 2 is 1.35 bits per heavy atom. The smallest absolute Gasteiger partial charge is 0.261 e. The lowest BCUT2D eigenvalue weighted by Gasteiger charge is -2.37. The number of nitrogens with one attached hydrogen (secondary N) is 1. The van der Waals surface area contributed by atoms with Crippen molar-refractivity contribution in [2.45, 2.75) is 25.9 Å². The Balaban J connectivity index is 1.30. The molecule has 3 aromatic rings. The second-order valence-electron chi connectivity index (χ2n) is 9.12. The maximum absolute atomic E-state index is 13.2. The van der Waals surface area contributed by atoms with Gasteiger partial charge in [-0.3, -0.25) is 9.69 Å². The van der Waals surface area contributed by atoms with E-state index in [4.69, 9.17) is 0 Å². The summed E-state index contributed by atoms with van der Waals surface area (Å²) in [6, 6.07) is 24.8. The van der Waals surface area contributed by atoms with Crippen molar-refractivity contribution in [2.75, 3.05) is 44.2 Å². The molecule has 0 spiro atoms. The van der Waals surface area contributed by atoms with Crippen molar-refractivity contribution in [1.29, 1.82) is 0 Å². The molecule has 178 valence electrons. The van der Waals surface area contributed by atoms with E-state index in [-0.39, 0.29) is 5.91 Å². The number of anilines is 1. The molecule has 0 saturated carbocycles. The lowest BCUT2D eigenvalue weighted by Crippen LogP contribution is -2.48. The lowest BCUT2D eigenvalue weighted by molar-refractivity contribution is -0.136. The zero-order chi connectivity index (χ0) is 24.0. The molecule has 1 saturated heterocycles. The molecule has 5 heteroatoms. The van der Waals surface area contributed by atoms with E-state index >= 15 is 0 Å². The van der Waals surface area contributed by atoms with E-state index in [2.05, 4.69) is 47.2 Å². The monoisotopic (exact) mass is 457 g/mol. The van der Waals surface area contributed by atoms with Crippen LogP contribution in [0.1, 0.15) is 28.7 Å². The number of aryl methyl sites for hydroxylation is 2. The van der Waals surface area contributed by atoms with Gasteiger partial charge in [0, 0.05) is 38.4 Å². The molecule has 34 heavy (non-hydrogen) atoms. The van der Waals surface area contributed by atoms with Gasteiger partial charge in [0.05, 0.1) is 0 Å². The third-order valence-corrected chi connectivity index (χ3v) is 6.78. The molecule has 1 aliphatic rings. The zero-order valence-corrected chi connectivity index (χ0v) is 20.2. The van der Waals surface area contributed by atoms with Gasteiger partial charge in [-0.2, -0.15) is 0 Å². The van der Waals surface area contributed by atoms with E-state index < -0.39 is 5.60 Å². The molecule has 0 bridgehead atoms. The Hall–Kier alpha value is -3.15. The number of piperazine rings is 1. The summed E-state index contributed by atoms with van der Waals surface area (Å²) < 4.78 is 0. The first-order valence-electron chi connectivity index (χ1n) is 12.2. The molecule has 0 aromatic heterocycles. The summed E-state index contributed by atoms with van der Waals surface area (Å²) in [5.74, 6) is -0.384. The lowest BCUT2D eigenvalue weighted by atomic mass is 9.85. The van der Waals surface area contributed by atoms with E-state index in [1.165, 1.54) is 16.8 Å². The molecule has 0 aliphatic carbocycles. The Morgan fingerprint density at radius 3 is 1.88 bits per heavy atom. The fourth-order valence-electron chi connectivity index (χ4n) is 4.92. The number of nitrogens with zero attached hydrogens (tertiary/aromatic N) is 2. The molecule has 1 aliphatic heterocycles. The van der Waals surface area contributed by atoms with Crippen LogP contribution in [-0.2, 0) is 10.4 Å². The molecule has 0 unspecified atom stereocenters. The highest BCUT2D eigenvalue weighted by molar-refractivity contribution is 5.90. The molecule has 1 fully saturated rings. The molecule has 4 rings (SSSR count). The van der Waals surface area contributed by atoms with Crippen molar-refractivity contribution in [3.63, 3.8) is 0 Å². The van der Waals surface area contributed by atoms with E-state index in [1.807, 2.05) is 36.4 Å². The van der Waals surface area contributed by atoms with Crippen LogP contribution in [0.3, 0.4) is 0 Å². The van der Waals surface area contributed by atoms with Crippen molar-refractivity contribution in [3.05, 3.63) is 101 Å². The molecular weight excluding hydrogens is 422 g/mol. The van der Waals surface area contributed by atoms with Gasteiger partial charge in [0.1, 0.15) is 0 Å². The second kappa shape index (κ2) is 10.9. The van der Waals surface area contributed by atoms with E-state index in [9.17, 15) is 9.90 Å². The predicted molar refractivity (Wildman–Crippen MR) is 138 cm³/mol. The number of benzene rings is 3. The average Bonchev–Trinajstić information content (AvgIpc) is 2.88. The van der Waals surface area contributed by atoms with Crippen LogP contribution in [0.2, 0.25) is 0 Å². The Kier molecular flexibility index (Phi) is 7.66. The normalized spacial score (nSPS) is 14.7. The third-order valence-electron chi connectivity index (χ3n) is 6.78.